The third kappa shape index (κ3) is 5.43. The smallest absolute Gasteiger partial charge is 0.286 e. The van der Waals surface area contributed by atoms with Crippen LogP contribution in [-0.2, 0) is 0 Å². The predicted molar refractivity (Wildman–Crippen MR) is 127 cm³/mol. The third-order valence-corrected chi connectivity index (χ3v) is 6.73. The number of benzene rings is 2. The Kier molecular flexibility index (Phi) is 7.10. The van der Waals surface area contributed by atoms with Crippen LogP contribution in [0.15, 0.2) is 42.5 Å². The van der Waals surface area contributed by atoms with Gasteiger partial charge in [0.25, 0.3) is 11.8 Å². The molecule has 2 heterocycles. The van der Waals surface area contributed by atoms with Crippen molar-refractivity contribution in [2.75, 3.05) is 32.6 Å². The highest BCUT2D eigenvalue weighted by Crippen LogP contribution is 2.31. The van der Waals surface area contributed by atoms with Gasteiger partial charge in [0, 0.05) is 41.3 Å². The molecule has 0 spiro atoms. The van der Waals surface area contributed by atoms with Gasteiger partial charge in [0.1, 0.15) is 16.5 Å². The summed E-state index contributed by atoms with van der Waals surface area (Å²) in [5.41, 5.74) is 1.14. The van der Waals surface area contributed by atoms with Crippen molar-refractivity contribution in [3.05, 3.63) is 63.1 Å². The molecular formula is C23H23ClN4O4S. The largest absolute Gasteiger partial charge is 0.497 e. The lowest BCUT2D eigenvalue weighted by Crippen LogP contribution is -2.39. The fourth-order valence-electron chi connectivity index (χ4n) is 3.69. The van der Waals surface area contributed by atoms with Crippen molar-refractivity contribution in [1.82, 2.24) is 15.1 Å². The molecule has 1 unspecified atom stereocenters. The van der Waals surface area contributed by atoms with Gasteiger partial charge in [-0.2, -0.15) is 0 Å². The third-order valence-electron chi connectivity index (χ3n) is 5.39. The average Bonchev–Trinajstić information content (AvgIpc) is 3.35. The molecule has 3 aromatic rings. The van der Waals surface area contributed by atoms with Crippen LogP contribution in [0.2, 0.25) is 5.02 Å². The van der Waals surface area contributed by atoms with E-state index in [0.717, 1.165) is 17.8 Å². The number of hydrogen-bond acceptors (Lipinski definition) is 7. The lowest BCUT2D eigenvalue weighted by Gasteiger charge is -2.31. The molecule has 1 saturated heterocycles. The zero-order valence-electron chi connectivity index (χ0n) is 18.2. The number of methoxy groups -OCH3 is 2. The van der Waals surface area contributed by atoms with Crippen LogP contribution in [0.1, 0.15) is 43.9 Å². The van der Waals surface area contributed by atoms with E-state index in [1.165, 1.54) is 11.3 Å². The Bertz CT molecular complexity index is 1130. The maximum Gasteiger partial charge on any atom is 0.286 e. The van der Waals surface area contributed by atoms with Gasteiger partial charge < -0.3 is 19.7 Å². The van der Waals surface area contributed by atoms with Gasteiger partial charge in [0.2, 0.25) is 5.01 Å². The predicted octanol–water partition coefficient (Wildman–Crippen LogP) is 4.48. The minimum Gasteiger partial charge on any atom is -0.497 e. The molecule has 2 amide bonds. The molecule has 1 atom stereocenters. The van der Waals surface area contributed by atoms with Gasteiger partial charge in [-0.1, -0.05) is 22.9 Å². The fraction of sp³-hybridized carbons (Fsp3) is 0.304. The molecule has 172 valence electrons. The zero-order valence-corrected chi connectivity index (χ0v) is 19.8. The van der Waals surface area contributed by atoms with Gasteiger partial charge in [-0.05, 0) is 49.2 Å². The molecule has 0 bridgehead atoms. The number of carbonyl (C=O) groups is 2. The normalized spacial score (nSPS) is 15.7. The number of nitrogens with zero attached hydrogens (tertiary/aromatic N) is 3. The van der Waals surface area contributed by atoms with E-state index in [1.54, 1.807) is 61.6 Å². The van der Waals surface area contributed by atoms with Crippen LogP contribution < -0.4 is 14.8 Å². The number of amides is 2. The lowest BCUT2D eigenvalue weighted by atomic mass is 9.98. The van der Waals surface area contributed by atoms with Crippen LogP contribution in [0.4, 0.5) is 5.69 Å². The topological polar surface area (TPSA) is 93.7 Å². The second-order valence-electron chi connectivity index (χ2n) is 7.60. The number of nitrogens with one attached hydrogen (secondary N) is 1. The summed E-state index contributed by atoms with van der Waals surface area (Å²) in [5.74, 6) is 0.721. The molecule has 1 N–H and O–H groups in total. The van der Waals surface area contributed by atoms with E-state index in [2.05, 4.69) is 15.5 Å². The molecule has 1 aromatic heterocycles. The summed E-state index contributed by atoms with van der Waals surface area (Å²) in [4.78, 5) is 27.5. The molecule has 1 aliphatic rings. The summed E-state index contributed by atoms with van der Waals surface area (Å²) in [6.45, 7) is 1.16. The van der Waals surface area contributed by atoms with E-state index >= 15 is 0 Å². The standard InChI is InChI=1S/C23H23ClN4O4S/c1-31-18-10-15(11-19(12-18)32-2)23(30)28-9-3-4-14(13-28)21-26-27-22(33-21)20(29)25-17-7-5-16(24)6-8-17/h5-8,10-12,14H,3-4,9,13H2,1-2H3,(H,25,29). The SMILES string of the molecule is COc1cc(OC)cc(C(=O)N2CCCC(c3nnc(C(=O)Nc4ccc(Cl)cc4)s3)C2)c1. The first-order chi connectivity index (χ1) is 16.0. The first-order valence-electron chi connectivity index (χ1n) is 10.4. The van der Waals surface area contributed by atoms with E-state index in [1.807, 2.05) is 0 Å². The number of anilines is 1. The van der Waals surface area contributed by atoms with Gasteiger partial charge in [-0.3, -0.25) is 9.59 Å². The maximum absolute atomic E-state index is 13.2. The van der Waals surface area contributed by atoms with Crippen LogP contribution in [0, 0.1) is 0 Å². The minimum atomic E-state index is -0.326. The maximum atomic E-state index is 13.2. The summed E-state index contributed by atoms with van der Waals surface area (Å²) in [6, 6.07) is 12.0. The second kappa shape index (κ2) is 10.2. The van der Waals surface area contributed by atoms with Gasteiger partial charge >= 0.3 is 0 Å². The molecule has 2 aromatic carbocycles. The zero-order chi connectivity index (χ0) is 23.4. The van der Waals surface area contributed by atoms with E-state index < -0.39 is 0 Å². The number of halogens is 1. The number of hydrogen-bond donors (Lipinski definition) is 1. The number of carbonyl (C=O) groups excluding carboxylic acids is 2. The van der Waals surface area contributed by atoms with Crippen LogP contribution in [0.25, 0.3) is 0 Å². The van der Waals surface area contributed by atoms with Gasteiger partial charge in [0.15, 0.2) is 0 Å². The van der Waals surface area contributed by atoms with E-state index in [-0.39, 0.29) is 22.7 Å². The van der Waals surface area contributed by atoms with Crippen LogP contribution in [0.5, 0.6) is 11.5 Å². The van der Waals surface area contributed by atoms with E-state index in [0.29, 0.717) is 40.9 Å². The highest BCUT2D eigenvalue weighted by Gasteiger charge is 2.29. The average molecular weight is 487 g/mol. The molecule has 8 nitrogen and oxygen atoms in total. The highest BCUT2D eigenvalue weighted by molar-refractivity contribution is 7.13. The van der Waals surface area contributed by atoms with Crippen molar-refractivity contribution >= 4 is 40.4 Å². The van der Waals surface area contributed by atoms with E-state index in [9.17, 15) is 9.59 Å². The molecule has 4 rings (SSSR count). The number of ether oxygens (including phenoxy) is 2. The molecular weight excluding hydrogens is 464 g/mol. The minimum absolute atomic E-state index is 0.0183. The molecule has 1 fully saturated rings. The fourth-order valence-corrected chi connectivity index (χ4v) is 4.68. The van der Waals surface area contributed by atoms with Gasteiger partial charge in [0.05, 0.1) is 14.2 Å². The Morgan fingerprint density at radius 1 is 1.09 bits per heavy atom. The first-order valence-corrected chi connectivity index (χ1v) is 11.6. The van der Waals surface area contributed by atoms with Crippen molar-refractivity contribution in [3.8, 4) is 11.5 Å². The number of aromatic nitrogens is 2. The summed E-state index contributed by atoms with van der Waals surface area (Å²) in [6.07, 6.45) is 1.71. The molecule has 10 heteroatoms. The number of likely N-dealkylation sites (tertiary alicyclic amines) is 1. The number of rotatable bonds is 6. The van der Waals surface area contributed by atoms with Gasteiger partial charge in [-0.25, -0.2) is 0 Å². The van der Waals surface area contributed by atoms with Crippen LogP contribution in [-0.4, -0.2) is 54.2 Å². The Balaban J connectivity index is 1.44. The lowest BCUT2D eigenvalue weighted by molar-refractivity contribution is 0.0706. The molecule has 33 heavy (non-hydrogen) atoms. The van der Waals surface area contributed by atoms with Crippen molar-refractivity contribution in [2.45, 2.75) is 18.8 Å². The summed E-state index contributed by atoms with van der Waals surface area (Å²) in [7, 11) is 3.10. The van der Waals surface area contributed by atoms with Crippen LogP contribution >= 0.6 is 22.9 Å². The summed E-state index contributed by atoms with van der Waals surface area (Å²) < 4.78 is 10.6. The Hall–Kier alpha value is -3.17. The van der Waals surface area contributed by atoms with Gasteiger partial charge in [-0.15, -0.1) is 10.2 Å². The second-order valence-corrected chi connectivity index (χ2v) is 9.04. The van der Waals surface area contributed by atoms with Crippen LogP contribution in [0.3, 0.4) is 0 Å². The molecule has 0 saturated carbocycles. The Morgan fingerprint density at radius 3 is 2.45 bits per heavy atom. The molecule has 0 radical (unpaired) electrons. The van der Waals surface area contributed by atoms with Crippen molar-refractivity contribution in [1.29, 1.82) is 0 Å². The highest BCUT2D eigenvalue weighted by atomic mass is 35.5. The van der Waals surface area contributed by atoms with Crippen molar-refractivity contribution in [3.63, 3.8) is 0 Å². The first kappa shape index (κ1) is 23.0. The monoisotopic (exact) mass is 486 g/mol. The quantitative estimate of drug-likeness (QED) is 0.552. The number of piperidine rings is 1. The Morgan fingerprint density at radius 2 is 1.79 bits per heavy atom. The van der Waals surface area contributed by atoms with E-state index in [4.69, 9.17) is 21.1 Å². The summed E-state index contributed by atoms with van der Waals surface area (Å²) in [5, 5.41) is 12.7. The Labute approximate surface area is 200 Å². The van der Waals surface area contributed by atoms with Crippen molar-refractivity contribution < 1.29 is 19.1 Å². The summed E-state index contributed by atoms with van der Waals surface area (Å²) >= 11 is 7.14. The van der Waals surface area contributed by atoms with Crippen molar-refractivity contribution in [2.24, 2.45) is 0 Å². The molecule has 0 aliphatic carbocycles. The molecule has 1 aliphatic heterocycles.